The smallest absolute Gasteiger partial charge is 0.253 e. The molecule has 160 valence electrons. The summed E-state index contributed by atoms with van der Waals surface area (Å²) in [6.45, 7) is 4.92. The average Bonchev–Trinajstić information content (AvgIpc) is 3.18. The number of carbonyl (C=O) groups is 2. The van der Waals surface area contributed by atoms with Gasteiger partial charge >= 0.3 is 0 Å². The van der Waals surface area contributed by atoms with Gasteiger partial charge in [0, 0.05) is 31.5 Å². The number of likely N-dealkylation sites (tertiary alicyclic amines) is 1. The third kappa shape index (κ3) is 3.39. The number of aliphatic hydroxyl groups excluding tert-OH is 1. The van der Waals surface area contributed by atoms with Crippen LogP contribution in [0.4, 0.5) is 0 Å². The number of aromatic nitrogens is 2. The quantitative estimate of drug-likeness (QED) is 0.664. The first-order valence-electron chi connectivity index (χ1n) is 10.6. The second-order valence-corrected chi connectivity index (χ2v) is 8.68. The zero-order valence-electron chi connectivity index (χ0n) is 17.7. The number of H-pyrrole nitrogens is 1. The molecule has 1 saturated heterocycles. The Labute approximate surface area is 180 Å². The average molecular weight is 419 g/mol. The van der Waals surface area contributed by atoms with Crippen LogP contribution in [0.15, 0.2) is 30.3 Å². The number of rotatable bonds is 2. The number of hydrogen-bond acceptors (Lipinski definition) is 5. The van der Waals surface area contributed by atoms with Crippen LogP contribution < -0.4 is 4.74 Å². The number of benzene rings is 2. The summed E-state index contributed by atoms with van der Waals surface area (Å²) in [6, 6.07) is 9.20. The van der Waals surface area contributed by atoms with Gasteiger partial charge in [-0.25, -0.2) is 4.98 Å². The molecule has 5 rings (SSSR count). The molecular formula is C24H25N3O4. The van der Waals surface area contributed by atoms with Crippen molar-refractivity contribution in [2.45, 2.75) is 45.3 Å². The lowest BCUT2D eigenvalue weighted by Gasteiger charge is -2.44. The van der Waals surface area contributed by atoms with Crippen molar-refractivity contribution in [2.24, 2.45) is 0 Å². The number of aromatic amines is 1. The van der Waals surface area contributed by atoms with Crippen molar-refractivity contribution in [1.82, 2.24) is 14.9 Å². The zero-order chi connectivity index (χ0) is 21.8. The van der Waals surface area contributed by atoms with Crippen molar-refractivity contribution in [3.05, 3.63) is 58.4 Å². The lowest BCUT2D eigenvalue weighted by molar-refractivity contribution is -0.00575. The summed E-state index contributed by atoms with van der Waals surface area (Å²) in [5.41, 5.74) is 4.35. The van der Waals surface area contributed by atoms with Crippen LogP contribution >= 0.6 is 0 Å². The molecule has 0 unspecified atom stereocenters. The maximum absolute atomic E-state index is 13.1. The van der Waals surface area contributed by atoms with Gasteiger partial charge in [-0.05, 0) is 55.3 Å². The van der Waals surface area contributed by atoms with Crippen LogP contribution in [0.25, 0.3) is 11.0 Å². The number of piperidine rings is 1. The lowest BCUT2D eigenvalue weighted by atomic mass is 9.81. The minimum absolute atomic E-state index is 0.0501. The number of imidazole rings is 1. The molecule has 7 nitrogen and oxygen atoms in total. The molecule has 2 aromatic carbocycles. The highest BCUT2D eigenvalue weighted by atomic mass is 16.5. The predicted octanol–water partition coefficient (Wildman–Crippen LogP) is 3.31. The molecule has 2 N–H and O–H groups in total. The minimum atomic E-state index is -0.536. The Morgan fingerprint density at radius 3 is 2.68 bits per heavy atom. The Kier molecular flexibility index (Phi) is 4.59. The van der Waals surface area contributed by atoms with Gasteiger partial charge in [0.15, 0.2) is 5.78 Å². The van der Waals surface area contributed by atoms with Gasteiger partial charge < -0.3 is 19.7 Å². The van der Waals surface area contributed by atoms with E-state index in [0.29, 0.717) is 55.1 Å². The van der Waals surface area contributed by atoms with E-state index in [1.54, 1.807) is 18.2 Å². The molecule has 7 heteroatoms. The number of ketones is 1. The molecule has 0 atom stereocenters. The molecule has 0 radical (unpaired) electrons. The second-order valence-electron chi connectivity index (χ2n) is 8.68. The first-order valence-corrected chi connectivity index (χ1v) is 10.6. The summed E-state index contributed by atoms with van der Waals surface area (Å²) in [5, 5.41) is 9.25. The van der Waals surface area contributed by atoms with Crippen LogP contribution in [0.3, 0.4) is 0 Å². The molecule has 2 aliphatic rings. The third-order valence-electron chi connectivity index (χ3n) is 6.60. The number of carbonyl (C=O) groups excluding carboxylic acids is 2. The SMILES string of the molecule is Cc1cc2c(cc1C)C(=O)CC1(CCN(C(=O)c3ccc4nc(CO)[nH]c4c3)CC1)O2. The molecule has 3 heterocycles. The fourth-order valence-electron chi connectivity index (χ4n) is 4.60. The summed E-state index contributed by atoms with van der Waals surface area (Å²) < 4.78 is 6.38. The number of amides is 1. The Bertz CT molecular complexity index is 1200. The maximum atomic E-state index is 13.1. The van der Waals surface area contributed by atoms with Crippen LogP contribution in [0.1, 0.15) is 56.9 Å². The number of aryl methyl sites for hydroxylation is 2. The minimum Gasteiger partial charge on any atom is -0.486 e. The number of aliphatic hydroxyl groups is 1. The van der Waals surface area contributed by atoms with Crippen molar-refractivity contribution in [2.75, 3.05) is 13.1 Å². The van der Waals surface area contributed by atoms with Crippen LogP contribution in [-0.2, 0) is 6.61 Å². The van der Waals surface area contributed by atoms with E-state index < -0.39 is 5.60 Å². The number of hydrogen-bond donors (Lipinski definition) is 2. The first kappa shape index (κ1) is 19.8. The Hall–Kier alpha value is -3.19. The molecule has 1 spiro atoms. The number of Topliss-reactive ketones (excluding diaryl/α,β-unsaturated/α-hetero) is 1. The Morgan fingerprint density at radius 1 is 1.19 bits per heavy atom. The molecule has 2 aliphatic heterocycles. The topological polar surface area (TPSA) is 95.5 Å². The lowest BCUT2D eigenvalue weighted by Crippen LogP contribution is -2.52. The maximum Gasteiger partial charge on any atom is 0.253 e. The van der Waals surface area contributed by atoms with E-state index in [1.165, 1.54) is 0 Å². The van der Waals surface area contributed by atoms with E-state index in [1.807, 2.05) is 30.9 Å². The van der Waals surface area contributed by atoms with E-state index in [0.717, 1.165) is 22.2 Å². The molecular weight excluding hydrogens is 394 g/mol. The van der Waals surface area contributed by atoms with Gasteiger partial charge in [-0.2, -0.15) is 0 Å². The normalized spacial score (nSPS) is 17.6. The van der Waals surface area contributed by atoms with Gasteiger partial charge in [0.1, 0.15) is 23.8 Å². The van der Waals surface area contributed by atoms with Crippen LogP contribution in [0.5, 0.6) is 5.75 Å². The molecule has 1 aromatic heterocycles. The fraction of sp³-hybridized carbons (Fsp3) is 0.375. The number of ether oxygens (including phenoxy) is 1. The Morgan fingerprint density at radius 2 is 1.94 bits per heavy atom. The highest BCUT2D eigenvalue weighted by Gasteiger charge is 2.43. The molecule has 1 amide bonds. The summed E-state index contributed by atoms with van der Waals surface area (Å²) in [4.78, 5) is 35.0. The molecule has 0 bridgehead atoms. The van der Waals surface area contributed by atoms with Gasteiger partial charge in [-0.3, -0.25) is 9.59 Å². The highest BCUT2D eigenvalue weighted by Crippen LogP contribution is 2.40. The zero-order valence-corrected chi connectivity index (χ0v) is 17.7. The van der Waals surface area contributed by atoms with E-state index >= 15 is 0 Å². The van der Waals surface area contributed by atoms with Crippen LogP contribution in [-0.4, -0.2) is 50.4 Å². The van der Waals surface area contributed by atoms with Crippen molar-refractivity contribution in [1.29, 1.82) is 0 Å². The second kappa shape index (κ2) is 7.20. The largest absolute Gasteiger partial charge is 0.486 e. The van der Waals surface area contributed by atoms with E-state index in [-0.39, 0.29) is 18.3 Å². The fourth-order valence-corrected chi connectivity index (χ4v) is 4.60. The van der Waals surface area contributed by atoms with Gasteiger partial charge in [0.25, 0.3) is 5.91 Å². The molecule has 0 aliphatic carbocycles. The number of nitrogens with one attached hydrogen (secondary N) is 1. The van der Waals surface area contributed by atoms with Crippen molar-refractivity contribution < 1.29 is 19.4 Å². The molecule has 0 saturated carbocycles. The highest BCUT2D eigenvalue weighted by molar-refractivity contribution is 6.01. The predicted molar refractivity (Wildman–Crippen MR) is 115 cm³/mol. The third-order valence-corrected chi connectivity index (χ3v) is 6.60. The summed E-state index contributed by atoms with van der Waals surface area (Å²) in [7, 11) is 0. The van der Waals surface area contributed by atoms with Crippen molar-refractivity contribution in [3.8, 4) is 5.75 Å². The van der Waals surface area contributed by atoms with Gasteiger partial charge in [0.2, 0.25) is 0 Å². The van der Waals surface area contributed by atoms with Crippen LogP contribution in [0, 0.1) is 13.8 Å². The summed E-state index contributed by atoms with van der Waals surface area (Å²) >= 11 is 0. The van der Waals surface area contributed by atoms with Gasteiger partial charge in [-0.1, -0.05) is 0 Å². The van der Waals surface area contributed by atoms with Crippen LogP contribution in [0.2, 0.25) is 0 Å². The van der Waals surface area contributed by atoms with Crippen molar-refractivity contribution >= 4 is 22.7 Å². The number of fused-ring (bicyclic) bond motifs is 2. The first-order chi connectivity index (χ1) is 14.9. The van der Waals surface area contributed by atoms with E-state index in [2.05, 4.69) is 9.97 Å². The number of nitrogens with zero attached hydrogens (tertiary/aromatic N) is 2. The monoisotopic (exact) mass is 419 g/mol. The Balaban J connectivity index is 1.32. The molecule has 3 aromatic rings. The summed E-state index contributed by atoms with van der Waals surface area (Å²) in [6.07, 6.45) is 1.60. The van der Waals surface area contributed by atoms with E-state index in [9.17, 15) is 14.7 Å². The summed E-state index contributed by atoms with van der Waals surface area (Å²) in [5.74, 6) is 1.22. The van der Waals surface area contributed by atoms with Gasteiger partial charge in [0.05, 0.1) is 23.0 Å². The molecule has 31 heavy (non-hydrogen) atoms. The standard InChI is InChI=1S/C24H25N3O4/c1-14-9-17-20(29)12-24(31-21(17)10-15(14)2)5-7-27(8-6-24)23(30)16-3-4-18-19(11-16)26-22(13-28)25-18/h3-4,9-11,28H,5-8,12-13H2,1-2H3,(H,25,26). The van der Waals surface area contributed by atoms with Crippen molar-refractivity contribution in [3.63, 3.8) is 0 Å². The molecule has 1 fully saturated rings. The van der Waals surface area contributed by atoms with E-state index in [4.69, 9.17) is 4.74 Å². The van der Waals surface area contributed by atoms with Gasteiger partial charge in [-0.15, -0.1) is 0 Å².